The summed E-state index contributed by atoms with van der Waals surface area (Å²) in [4.78, 5) is 21.7. The first-order chi connectivity index (χ1) is 7.40. The summed E-state index contributed by atoms with van der Waals surface area (Å²) >= 11 is 0. The molecule has 1 N–H and O–H groups in total. The second-order valence-electron chi connectivity index (χ2n) is 4.45. The Morgan fingerprint density at radius 1 is 1.44 bits per heavy atom. The number of carbonyl (C=O) groups is 1. The van der Waals surface area contributed by atoms with E-state index in [1.54, 1.807) is 6.07 Å². The number of nitrogens with zero attached hydrogens (tertiary/aromatic N) is 1. The lowest BCUT2D eigenvalue weighted by Gasteiger charge is -2.33. The summed E-state index contributed by atoms with van der Waals surface area (Å²) in [5.41, 5.74) is 1.19. The van der Waals surface area contributed by atoms with Gasteiger partial charge in [0, 0.05) is 12.1 Å². The first-order valence-electron chi connectivity index (χ1n) is 4.99. The van der Waals surface area contributed by atoms with Crippen LogP contribution in [-0.2, 0) is 16.8 Å². The van der Waals surface area contributed by atoms with Crippen LogP contribution < -0.4 is 5.32 Å². The second-order valence-corrected chi connectivity index (χ2v) is 4.45. The van der Waals surface area contributed by atoms with Crippen molar-refractivity contribution in [3.05, 3.63) is 39.4 Å². The van der Waals surface area contributed by atoms with Crippen molar-refractivity contribution in [3.8, 4) is 0 Å². The van der Waals surface area contributed by atoms with Crippen molar-refractivity contribution in [2.24, 2.45) is 0 Å². The van der Waals surface area contributed by atoms with Gasteiger partial charge >= 0.3 is 0 Å². The Kier molecular flexibility index (Phi) is 2.18. The van der Waals surface area contributed by atoms with Crippen LogP contribution in [0.15, 0.2) is 18.2 Å². The fourth-order valence-corrected chi connectivity index (χ4v) is 2.05. The lowest BCUT2D eigenvalue weighted by atomic mass is 9.85. The Balaban J connectivity index is 2.57. The van der Waals surface area contributed by atoms with E-state index in [1.165, 1.54) is 12.1 Å². The third kappa shape index (κ3) is 1.64. The quantitative estimate of drug-likeness (QED) is 0.575. The van der Waals surface area contributed by atoms with Gasteiger partial charge < -0.3 is 5.32 Å². The van der Waals surface area contributed by atoms with Gasteiger partial charge in [0.25, 0.3) is 5.69 Å². The molecule has 1 aliphatic heterocycles. The van der Waals surface area contributed by atoms with E-state index >= 15 is 0 Å². The molecular weight excluding hydrogens is 208 g/mol. The Hall–Kier alpha value is -1.91. The summed E-state index contributed by atoms with van der Waals surface area (Å²) in [5.74, 6) is -0.0497. The minimum Gasteiger partial charge on any atom is -0.347 e. The van der Waals surface area contributed by atoms with Gasteiger partial charge in [0.2, 0.25) is 5.91 Å². The normalized spacial score (nSPS) is 17.5. The van der Waals surface area contributed by atoms with Crippen molar-refractivity contribution in [3.63, 3.8) is 0 Å². The summed E-state index contributed by atoms with van der Waals surface area (Å²) in [5, 5.41) is 13.5. The lowest BCUT2D eigenvalue weighted by Crippen LogP contribution is -2.46. The van der Waals surface area contributed by atoms with Gasteiger partial charge in [-0.25, -0.2) is 0 Å². The van der Waals surface area contributed by atoms with Crippen molar-refractivity contribution in [1.82, 2.24) is 5.32 Å². The Morgan fingerprint density at radius 3 is 2.75 bits per heavy atom. The van der Waals surface area contributed by atoms with E-state index < -0.39 is 10.5 Å². The zero-order valence-electron chi connectivity index (χ0n) is 9.11. The molecule has 84 valence electrons. The second kappa shape index (κ2) is 3.30. The first-order valence-corrected chi connectivity index (χ1v) is 4.99. The summed E-state index contributed by atoms with van der Waals surface area (Å²) < 4.78 is 0. The molecule has 1 amide bonds. The summed E-state index contributed by atoms with van der Waals surface area (Å²) in [6.07, 6.45) is 0.288. The van der Waals surface area contributed by atoms with Crippen LogP contribution in [0.4, 0.5) is 5.69 Å². The fourth-order valence-electron chi connectivity index (χ4n) is 2.05. The highest BCUT2D eigenvalue weighted by molar-refractivity contribution is 5.82. The van der Waals surface area contributed by atoms with Crippen molar-refractivity contribution in [1.29, 1.82) is 0 Å². The molecule has 0 aromatic heterocycles. The molecule has 1 aromatic carbocycles. The molecule has 0 bridgehead atoms. The fraction of sp³-hybridized carbons (Fsp3) is 0.364. The van der Waals surface area contributed by atoms with Crippen LogP contribution in [0.5, 0.6) is 0 Å². The smallest absolute Gasteiger partial charge is 0.269 e. The van der Waals surface area contributed by atoms with E-state index in [-0.39, 0.29) is 18.0 Å². The number of hydrogen-bond acceptors (Lipinski definition) is 3. The van der Waals surface area contributed by atoms with Crippen LogP contribution in [0, 0.1) is 10.1 Å². The number of rotatable bonds is 1. The van der Waals surface area contributed by atoms with Gasteiger partial charge in [0.1, 0.15) is 0 Å². The van der Waals surface area contributed by atoms with Crippen molar-refractivity contribution in [2.45, 2.75) is 25.8 Å². The number of nitro benzene ring substituents is 1. The molecule has 5 heteroatoms. The maximum absolute atomic E-state index is 11.4. The monoisotopic (exact) mass is 220 g/mol. The van der Waals surface area contributed by atoms with E-state index in [2.05, 4.69) is 5.32 Å². The average Bonchev–Trinajstić information content (AvgIpc) is 2.15. The highest BCUT2D eigenvalue weighted by atomic mass is 16.6. The molecule has 0 spiro atoms. The predicted molar refractivity (Wildman–Crippen MR) is 58.0 cm³/mol. The zero-order chi connectivity index (χ0) is 11.9. The van der Waals surface area contributed by atoms with Crippen LogP contribution in [-0.4, -0.2) is 10.8 Å². The van der Waals surface area contributed by atoms with Crippen LogP contribution >= 0.6 is 0 Å². The van der Waals surface area contributed by atoms with E-state index in [0.29, 0.717) is 0 Å². The zero-order valence-corrected chi connectivity index (χ0v) is 9.11. The maximum Gasteiger partial charge on any atom is 0.269 e. The highest BCUT2D eigenvalue weighted by Gasteiger charge is 2.32. The molecule has 0 saturated heterocycles. The number of carbonyl (C=O) groups excluding carboxylic acids is 1. The number of nitro groups is 1. The van der Waals surface area contributed by atoms with E-state index in [9.17, 15) is 14.9 Å². The third-order valence-electron chi connectivity index (χ3n) is 2.78. The standard InChI is InChI=1S/C11H12N2O3/c1-11(2)9-6-8(13(15)16)4-3-7(9)5-10(14)12-11/h3-4,6H,5H2,1-2H3,(H,12,14). The summed E-state index contributed by atoms with van der Waals surface area (Å²) in [6, 6.07) is 4.64. The van der Waals surface area contributed by atoms with Crippen molar-refractivity contribution >= 4 is 11.6 Å². The molecule has 0 aliphatic carbocycles. The van der Waals surface area contributed by atoms with E-state index in [0.717, 1.165) is 11.1 Å². The molecule has 0 atom stereocenters. The molecule has 1 aliphatic rings. The van der Waals surface area contributed by atoms with Crippen molar-refractivity contribution < 1.29 is 9.72 Å². The lowest BCUT2D eigenvalue weighted by molar-refractivity contribution is -0.385. The number of amides is 1. The van der Waals surface area contributed by atoms with Gasteiger partial charge in [0.15, 0.2) is 0 Å². The van der Waals surface area contributed by atoms with Gasteiger partial charge in [-0.3, -0.25) is 14.9 Å². The van der Waals surface area contributed by atoms with Crippen LogP contribution in [0.2, 0.25) is 0 Å². The number of benzene rings is 1. The Bertz CT molecular complexity index is 480. The predicted octanol–water partition coefficient (Wildman–Crippen LogP) is 1.50. The molecule has 0 saturated carbocycles. The summed E-state index contributed by atoms with van der Waals surface area (Å²) in [7, 11) is 0. The van der Waals surface area contributed by atoms with Gasteiger partial charge in [-0.1, -0.05) is 6.07 Å². The molecule has 2 rings (SSSR count). The largest absolute Gasteiger partial charge is 0.347 e. The van der Waals surface area contributed by atoms with Gasteiger partial charge in [-0.15, -0.1) is 0 Å². The molecule has 1 aromatic rings. The molecule has 16 heavy (non-hydrogen) atoms. The Morgan fingerprint density at radius 2 is 2.12 bits per heavy atom. The third-order valence-corrected chi connectivity index (χ3v) is 2.78. The number of nitrogens with one attached hydrogen (secondary N) is 1. The number of hydrogen-bond donors (Lipinski definition) is 1. The van der Waals surface area contributed by atoms with Gasteiger partial charge in [0.05, 0.1) is 16.9 Å². The van der Waals surface area contributed by atoms with Gasteiger partial charge in [-0.2, -0.15) is 0 Å². The van der Waals surface area contributed by atoms with Gasteiger partial charge in [-0.05, 0) is 25.0 Å². The first kappa shape index (κ1) is 10.6. The number of fused-ring (bicyclic) bond motifs is 1. The van der Waals surface area contributed by atoms with Crippen LogP contribution in [0.25, 0.3) is 0 Å². The van der Waals surface area contributed by atoms with Crippen molar-refractivity contribution in [2.75, 3.05) is 0 Å². The molecule has 5 nitrogen and oxygen atoms in total. The molecule has 0 unspecified atom stereocenters. The van der Waals surface area contributed by atoms with E-state index in [4.69, 9.17) is 0 Å². The molecule has 1 heterocycles. The SMILES string of the molecule is CC1(C)NC(=O)Cc2ccc([N+](=O)[O-])cc21. The summed E-state index contributed by atoms with van der Waals surface area (Å²) in [6.45, 7) is 3.68. The highest BCUT2D eigenvalue weighted by Crippen LogP contribution is 2.31. The van der Waals surface area contributed by atoms with Crippen LogP contribution in [0.3, 0.4) is 0 Å². The average molecular weight is 220 g/mol. The molecule has 0 radical (unpaired) electrons. The molecular formula is C11H12N2O3. The number of non-ortho nitro benzene ring substituents is 1. The topological polar surface area (TPSA) is 72.2 Å². The maximum atomic E-state index is 11.4. The Labute approximate surface area is 92.6 Å². The minimum atomic E-state index is -0.545. The van der Waals surface area contributed by atoms with E-state index in [1.807, 2.05) is 13.8 Å². The minimum absolute atomic E-state index is 0.0497. The molecule has 0 fully saturated rings. The van der Waals surface area contributed by atoms with Crippen LogP contribution in [0.1, 0.15) is 25.0 Å².